The molecule has 0 aliphatic rings. The first kappa shape index (κ1) is 34.7. The standard InChI is InChI=1S/C30H59N3O3/c1-22(2)15-9-10-18-29(35)32-20-14-12-17-27(33-25(7)8)28(34)21-26(30(36)23(3)4)16-11-13-19-31-24(5)6/h22-27,31,33H,9-21H2,1-8H3,(H,32,35). The summed E-state index contributed by atoms with van der Waals surface area (Å²) in [7, 11) is 0. The number of amides is 1. The molecule has 0 radical (unpaired) electrons. The van der Waals surface area contributed by atoms with E-state index in [2.05, 4.69) is 57.5 Å². The number of hydrogen-bond acceptors (Lipinski definition) is 5. The van der Waals surface area contributed by atoms with E-state index in [1.807, 2.05) is 13.8 Å². The molecule has 0 aromatic rings. The number of hydrogen-bond donors (Lipinski definition) is 3. The molecule has 1 amide bonds. The molecule has 0 saturated carbocycles. The van der Waals surface area contributed by atoms with Crippen molar-refractivity contribution in [1.82, 2.24) is 16.0 Å². The fraction of sp³-hybridized carbons (Fsp3) is 0.900. The lowest BCUT2D eigenvalue weighted by Crippen LogP contribution is -2.42. The van der Waals surface area contributed by atoms with Crippen molar-refractivity contribution in [2.24, 2.45) is 17.8 Å². The Morgan fingerprint density at radius 1 is 0.667 bits per heavy atom. The van der Waals surface area contributed by atoms with Crippen molar-refractivity contribution in [3.05, 3.63) is 0 Å². The lowest BCUT2D eigenvalue weighted by atomic mass is 9.85. The second kappa shape index (κ2) is 20.7. The van der Waals surface area contributed by atoms with Crippen molar-refractivity contribution in [2.45, 2.75) is 144 Å². The zero-order valence-electron chi connectivity index (χ0n) is 24.9. The molecule has 6 heteroatoms. The van der Waals surface area contributed by atoms with E-state index in [1.54, 1.807) is 0 Å². The number of rotatable bonds is 23. The summed E-state index contributed by atoms with van der Waals surface area (Å²) < 4.78 is 0. The Kier molecular flexibility index (Phi) is 20.0. The van der Waals surface area contributed by atoms with Crippen molar-refractivity contribution in [2.75, 3.05) is 13.1 Å². The topological polar surface area (TPSA) is 87.3 Å². The number of unbranched alkanes of at least 4 members (excludes halogenated alkanes) is 3. The Bertz CT molecular complexity index is 602. The molecule has 2 unspecified atom stereocenters. The molecular weight excluding hydrogens is 450 g/mol. The average Bonchev–Trinajstić information content (AvgIpc) is 2.78. The summed E-state index contributed by atoms with van der Waals surface area (Å²) in [5, 5.41) is 9.87. The van der Waals surface area contributed by atoms with Crippen molar-refractivity contribution < 1.29 is 14.4 Å². The third-order valence-electron chi connectivity index (χ3n) is 6.55. The maximum Gasteiger partial charge on any atom is 0.219 e. The first-order chi connectivity index (χ1) is 16.9. The lowest BCUT2D eigenvalue weighted by Gasteiger charge is -2.24. The summed E-state index contributed by atoms with van der Waals surface area (Å²) in [4.78, 5) is 38.1. The van der Waals surface area contributed by atoms with Gasteiger partial charge in [-0.2, -0.15) is 0 Å². The predicted octanol–water partition coefficient (Wildman–Crippen LogP) is 5.82. The van der Waals surface area contributed by atoms with Gasteiger partial charge in [0.05, 0.1) is 6.04 Å². The molecule has 0 bridgehead atoms. The van der Waals surface area contributed by atoms with E-state index in [9.17, 15) is 14.4 Å². The molecule has 0 spiro atoms. The third kappa shape index (κ3) is 18.9. The van der Waals surface area contributed by atoms with Crippen LogP contribution in [0.15, 0.2) is 0 Å². The zero-order chi connectivity index (χ0) is 27.5. The molecule has 0 heterocycles. The van der Waals surface area contributed by atoms with Crippen LogP contribution in [-0.4, -0.2) is 48.7 Å². The van der Waals surface area contributed by atoms with Crippen LogP contribution in [0.25, 0.3) is 0 Å². The predicted molar refractivity (Wildman–Crippen MR) is 152 cm³/mol. The summed E-state index contributed by atoms with van der Waals surface area (Å²) in [5.74, 6) is 0.932. The summed E-state index contributed by atoms with van der Waals surface area (Å²) >= 11 is 0. The molecule has 3 N–H and O–H groups in total. The van der Waals surface area contributed by atoms with Crippen molar-refractivity contribution in [3.63, 3.8) is 0 Å². The first-order valence-electron chi connectivity index (χ1n) is 14.8. The van der Waals surface area contributed by atoms with E-state index in [0.717, 1.165) is 57.9 Å². The SMILES string of the molecule is CC(C)CCCCC(=O)NCCCCC(NC(C)C)C(=O)CC(CCCCNC(C)C)C(=O)C(C)C. The van der Waals surface area contributed by atoms with Crippen LogP contribution < -0.4 is 16.0 Å². The maximum absolute atomic E-state index is 13.3. The van der Waals surface area contributed by atoms with E-state index >= 15 is 0 Å². The molecule has 0 rings (SSSR count). The Balaban J connectivity index is 4.61. The van der Waals surface area contributed by atoms with Crippen LogP contribution in [0.3, 0.4) is 0 Å². The quantitative estimate of drug-likeness (QED) is 0.151. The number of Topliss-reactive ketones (excluding diaryl/α,β-unsaturated/α-hetero) is 2. The highest BCUT2D eigenvalue weighted by molar-refractivity contribution is 5.91. The summed E-state index contributed by atoms with van der Waals surface area (Å²) in [5.41, 5.74) is 0. The Labute approximate surface area is 222 Å². The maximum atomic E-state index is 13.3. The molecule has 0 aliphatic heterocycles. The van der Waals surface area contributed by atoms with Crippen LogP contribution in [0.2, 0.25) is 0 Å². The highest BCUT2D eigenvalue weighted by atomic mass is 16.2. The highest BCUT2D eigenvalue weighted by Crippen LogP contribution is 2.21. The van der Waals surface area contributed by atoms with Crippen molar-refractivity contribution >= 4 is 17.5 Å². The minimum absolute atomic E-state index is 0.0536. The molecule has 0 aliphatic carbocycles. The van der Waals surface area contributed by atoms with Gasteiger partial charge in [0, 0.05) is 43.3 Å². The number of ketones is 2. The Hall–Kier alpha value is -1.27. The van der Waals surface area contributed by atoms with Crippen LogP contribution in [0.1, 0.15) is 126 Å². The molecular formula is C30H59N3O3. The molecule has 36 heavy (non-hydrogen) atoms. The van der Waals surface area contributed by atoms with Crippen molar-refractivity contribution in [1.29, 1.82) is 0 Å². The average molecular weight is 510 g/mol. The summed E-state index contributed by atoms with van der Waals surface area (Å²) in [6.45, 7) is 18.3. The van der Waals surface area contributed by atoms with Gasteiger partial charge in [0.25, 0.3) is 0 Å². The Morgan fingerprint density at radius 3 is 1.86 bits per heavy atom. The van der Waals surface area contributed by atoms with E-state index in [1.165, 1.54) is 6.42 Å². The van der Waals surface area contributed by atoms with E-state index in [-0.39, 0.29) is 41.4 Å². The molecule has 6 nitrogen and oxygen atoms in total. The number of carbonyl (C=O) groups is 3. The van der Waals surface area contributed by atoms with Crippen LogP contribution in [0, 0.1) is 17.8 Å². The smallest absolute Gasteiger partial charge is 0.219 e. The van der Waals surface area contributed by atoms with Crippen LogP contribution in [0.5, 0.6) is 0 Å². The summed E-state index contributed by atoms with van der Waals surface area (Å²) in [6.07, 6.45) is 9.36. The summed E-state index contributed by atoms with van der Waals surface area (Å²) in [6, 6.07) is 0.429. The van der Waals surface area contributed by atoms with Gasteiger partial charge in [0.2, 0.25) is 5.91 Å². The van der Waals surface area contributed by atoms with Gasteiger partial charge in [-0.1, -0.05) is 74.7 Å². The monoisotopic (exact) mass is 509 g/mol. The molecule has 0 saturated heterocycles. The van der Waals surface area contributed by atoms with E-state index in [4.69, 9.17) is 0 Å². The van der Waals surface area contributed by atoms with Gasteiger partial charge in [-0.15, -0.1) is 0 Å². The number of nitrogens with one attached hydrogen (secondary N) is 3. The minimum atomic E-state index is -0.234. The molecule has 0 aromatic carbocycles. The molecule has 212 valence electrons. The van der Waals surface area contributed by atoms with Gasteiger partial charge in [-0.3, -0.25) is 14.4 Å². The van der Waals surface area contributed by atoms with Crippen LogP contribution in [-0.2, 0) is 14.4 Å². The fourth-order valence-electron chi connectivity index (χ4n) is 4.48. The third-order valence-corrected chi connectivity index (χ3v) is 6.55. The first-order valence-corrected chi connectivity index (χ1v) is 14.8. The molecule has 2 atom stereocenters. The van der Waals surface area contributed by atoms with E-state index < -0.39 is 0 Å². The second-order valence-corrected chi connectivity index (χ2v) is 11.9. The molecule has 0 fully saturated rings. The zero-order valence-corrected chi connectivity index (χ0v) is 24.9. The van der Waals surface area contributed by atoms with Gasteiger partial charge in [-0.25, -0.2) is 0 Å². The van der Waals surface area contributed by atoms with Crippen LogP contribution >= 0.6 is 0 Å². The molecule has 0 aromatic heterocycles. The largest absolute Gasteiger partial charge is 0.356 e. The normalized spacial score (nSPS) is 13.6. The Morgan fingerprint density at radius 2 is 1.28 bits per heavy atom. The second-order valence-electron chi connectivity index (χ2n) is 11.9. The van der Waals surface area contributed by atoms with Gasteiger partial charge in [-0.05, 0) is 51.0 Å². The van der Waals surface area contributed by atoms with Gasteiger partial charge < -0.3 is 16.0 Å². The van der Waals surface area contributed by atoms with Crippen molar-refractivity contribution in [3.8, 4) is 0 Å². The fourth-order valence-corrected chi connectivity index (χ4v) is 4.48. The van der Waals surface area contributed by atoms with Gasteiger partial charge >= 0.3 is 0 Å². The lowest BCUT2D eigenvalue weighted by molar-refractivity contribution is -0.131. The van der Waals surface area contributed by atoms with E-state index in [0.29, 0.717) is 31.3 Å². The number of carbonyl (C=O) groups excluding carboxylic acids is 3. The van der Waals surface area contributed by atoms with Gasteiger partial charge in [0.1, 0.15) is 11.6 Å². The van der Waals surface area contributed by atoms with Gasteiger partial charge in [0.15, 0.2) is 0 Å². The minimum Gasteiger partial charge on any atom is -0.356 e. The highest BCUT2D eigenvalue weighted by Gasteiger charge is 2.27. The van der Waals surface area contributed by atoms with Crippen LogP contribution in [0.4, 0.5) is 0 Å².